The van der Waals surface area contributed by atoms with Crippen LogP contribution in [0.1, 0.15) is 402 Å². The third-order valence-corrected chi connectivity index (χ3v) is 20.6. The minimum absolute atomic E-state index is 0.105. The zero-order valence-corrected chi connectivity index (χ0v) is 66.2. The van der Waals surface area contributed by atoms with Gasteiger partial charge in [-0.05, 0) is 49.4 Å². The summed E-state index contributed by atoms with van der Waals surface area (Å²) in [6.45, 7) is 14.2. The molecule has 0 amide bonds. The first-order valence-corrected chi connectivity index (χ1v) is 43.7. The number of esters is 4. The van der Waals surface area contributed by atoms with E-state index in [9.17, 15) is 43.2 Å². The Labute approximate surface area is 600 Å². The van der Waals surface area contributed by atoms with Gasteiger partial charge in [-0.1, -0.05) is 351 Å². The Morgan fingerprint density at radius 3 is 0.724 bits per heavy atom. The summed E-state index contributed by atoms with van der Waals surface area (Å²) >= 11 is 0. The molecule has 0 aliphatic heterocycles. The predicted molar refractivity (Wildman–Crippen MR) is 400 cm³/mol. The van der Waals surface area contributed by atoms with Crippen LogP contribution in [0, 0.1) is 23.7 Å². The fraction of sp³-hybridized carbons (Fsp3) is 0.949. The highest BCUT2D eigenvalue weighted by molar-refractivity contribution is 7.47. The van der Waals surface area contributed by atoms with Crippen molar-refractivity contribution in [3.05, 3.63) is 0 Å². The molecule has 0 aromatic rings. The van der Waals surface area contributed by atoms with Crippen LogP contribution in [0.2, 0.25) is 0 Å². The Morgan fingerprint density at radius 1 is 0.286 bits per heavy atom. The van der Waals surface area contributed by atoms with Crippen LogP contribution in [-0.4, -0.2) is 96.7 Å². The molecular weight excluding hydrogens is 1280 g/mol. The second kappa shape index (κ2) is 68.2. The molecule has 3 unspecified atom stereocenters. The van der Waals surface area contributed by atoms with Crippen molar-refractivity contribution in [3.8, 4) is 0 Å². The molecule has 0 rings (SSSR count). The van der Waals surface area contributed by atoms with Gasteiger partial charge in [-0.25, -0.2) is 9.13 Å². The Bertz CT molecular complexity index is 1920. The van der Waals surface area contributed by atoms with Gasteiger partial charge in [0.2, 0.25) is 0 Å². The third-order valence-electron chi connectivity index (χ3n) is 18.7. The van der Waals surface area contributed by atoms with Crippen molar-refractivity contribution in [2.75, 3.05) is 39.6 Å². The summed E-state index contributed by atoms with van der Waals surface area (Å²) in [6.07, 6.45) is 54.2. The van der Waals surface area contributed by atoms with Crippen LogP contribution >= 0.6 is 15.6 Å². The Kier molecular flexibility index (Phi) is 66.8. The van der Waals surface area contributed by atoms with Crippen molar-refractivity contribution in [2.24, 2.45) is 23.7 Å². The molecule has 0 aliphatic carbocycles. The van der Waals surface area contributed by atoms with Gasteiger partial charge >= 0.3 is 39.5 Å². The van der Waals surface area contributed by atoms with Crippen LogP contribution in [-0.2, 0) is 65.4 Å². The minimum Gasteiger partial charge on any atom is -0.462 e. The highest BCUT2D eigenvalue weighted by Crippen LogP contribution is 2.45. The molecule has 0 saturated carbocycles. The lowest BCUT2D eigenvalue weighted by Crippen LogP contribution is -2.30. The Hall–Kier alpha value is -1.94. The predicted octanol–water partition coefficient (Wildman–Crippen LogP) is 23.2. The first-order chi connectivity index (χ1) is 47.1. The average Bonchev–Trinajstić information content (AvgIpc) is 1.00. The molecular formula is C79H154O17P2. The smallest absolute Gasteiger partial charge is 0.462 e. The maximum atomic E-state index is 13.1. The Morgan fingerprint density at radius 2 is 0.490 bits per heavy atom. The average molecular weight is 1440 g/mol. The van der Waals surface area contributed by atoms with Crippen molar-refractivity contribution in [3.63, 3.8) is 0 Å². The van der Waals surface area contributed by atoms with Crippen molar-refractivity contribution >= 4 is 39.5 Å². The van der Waals surface area contributed by atoms with E-state index in [1.165, 1.54) is 199 Å². The SMILES string of the molecule is CCC(C)CCCCCCCCC(=O)OC[C@H](COP(=O)(O)OC[C@H](O)COP(=O)(O)OC[C@@H](COC(=O)CCCCCCCCCCCCCCCCCCCCC(C)C)OC(=O)CCCCCCCCCCCCCC(C)C)OC(=O)CCCCCCCCCCCCC(C)C. The number of phosphoric acid groups is 2. The number of unbranched alkanes of at least 4 members (excludes halogenated alkanes) is 41. The molecule has 6 atom stereocenters. The van der Waals surface area contributed by atoms with E-state index in [0.29, 0.717) is 25.7 Å². The van der Waals surface area contributed by atoms with Crippen molar-refractivity contribution in [2.45, 2.75) is 420 Å². The number of phosphoric ester groups is 2. The summed E-state index contributed by atoms with van der Waals surface area (Å²) in [5, 5.41) is 10.6. The highest BCUT2D eigenvalue weighted by Gasteiger charge is 2.30. The number of ether oxygens (including phenoxy) is 4. The highest BCUT2D eigenvalue weighted by atomic mass is 31.2. The molecule has 0 aromatic heterocycles. The van der Waals surface area contributed by atoms with E-state index in [2.05, 4.69) is 55.4 Å². The van der Waals surface area contributed by atoms with E-state index in [0.717, 1.165) is 120 Å². The molecule has 0 fully saturated rings. The number of aliphatic hydroxyl groups excluding tert-OH is 1. The molecule has 17 nitrogen and oxygen atoms in total. The van der Waals surface area contributed by atoms with Crippen LogP contribution < -0.4 is 0 Å². The lowest BCUT2D eigenvalue weighted by Gasteiger charge is -2.21. The molecule has 0 bridgehead atoms. The van der Waals surface area contributed by atoms with E-state index in [1.54, 1.807) is 0 Å². The van der Waals surface area contributed by atoms with Crippen LogP contribution in [0.5, 0.6) is 0 Å². The van der Waals surface area contributed by atoms with Gasteiger partial charge in [-0.3, -0.25) is 37.3 Å². The molecule has 98 heavy (non-hydrogen) atoms. The van der Waals surface area contributed by atoms with Crippen molar-refractivity contribution in [1.29, 1.82) is 0 Å². The van der Waals surface area contributed by atoms with E-state index >= 15 is 0 Å². The second-order valence-electron chi connectivity index (χ2n) is 30.1. The van der Waals surface area contributed by atoms with Gasteiger partial charge in [-0.15, -0.1) is 0 Å². The summed E-state index contributed by atoms with van der Waals surface area (Å²) in [7, 11) is -9.92. The van der Waals surface area contributed by atoms with E-state index in [1.807, 2.05) is 0 Å². The molecule has 0 aliphatic rings. The van der Waals surface area contributed by atoms with Gasteiger partial charge in [-0.2, -0.15) is 0 Å². The van der Waals surface area contributed by atoms with Crippen molar-refractivity contribution in [1.82, 2.24) is 0 Å². The lowest BCUT2D eigenvalue weighted by molar-refractivity contribution is -0.161. The fourth-order valence-electron chi connectivity index (χ4n) is 12.0. The van der Waals surface area contributed by atoms with E-state index < -0.39 is 97.5 Å². The maximum Gasteiger partial charge on any atom is 0.472 e. The number of aliphatic hydroxyl groups is 1. The van der Waals surface area contributed by atoms with Gasteiger partial charge in [0, 0.05) is 25.7 Å². The van der Waals surface area contributed by atoms with Crippen LogP contribution in [0.4, 0.5) is 0 Å². The monoisotopic (exact) mass is 1440 g/mol. The van der Waals surface area contributed by atoms with Crippen molar-refractivity contribution < 1.29 is 80.2 Å². The summed E-state index contributed by atoms with van der Waals surface area (Å²) in [4.78, 5) is 72.9. The maximum absolute atomic E-state index is 13.1. The van der Waals surface area contributed by atoms with Gasteiger partial charge in [0.1, 0.15) is 19.3 Å². The number of hydrogen-bond donors (Lipinski definition) is 3. The second-order valence-corrected chi connectivity index (χ2v) is 33.0. The molecule has 19 heteroatoms. The van der Waals surface area contributed by atoms with E-state index in [-0.39, 0.29) is 25.7 Å². The first-order valence-electron chi connectivity index (χ1n) is 40.7. The van der Waals surface area contributed by atoms with Crippen LogP contribution in [0.15, 0.2) is 0 Å². The topological polar surface area (TPSA) is 237 Å². The third kappa shape index (κ3) is 71.1. The molecule has 582 valence electrons. The minimum atomic E-state index is -4.96. The zero-order valence-electron chi connectivity index (χ0n) is 64.4. The van der Waals surface area contributed by atoms with Gasteiger partial charge < -0.3 is 33.8 Å². The molecule has 0 aromatic carbocycles. The van der Waals surface area contributed by atoms with Gasteiger partial charge in [0.25, 0.3) is 0 Å². The number of carbonyl (C=O) groups excluding carboxylic acids is 4. The van der Waals surface area contributed by atoms with Crippen LogP contribution in [0.25, 0.3) is 0 Å². The fourth-order valence-corrected chi connectivity index (χ4v) is 13.6. The summed E-state index contributed by atoms with van der Waals surface area (Å²) in [5.74, 6) is 0.952. The summed E-state index contributed by atoms with van der Waals surface area (Å²) in [6, 6.07) is 0. The number of rotatable bonds is 76. The van der Waals surface area contributed by atoms with Gasteiger partial charge in [0.15, 0.2) is 12.2 Å². The zero-order chi connectivity index (χ0) is 72.4. The normalized spacial score (nSPS) is 14.3. The number of hydrogen-bond acceptors (Lipinski definition) is 15. The molecule has 0 saturated heterocycles. The van der Waals surface area contributed by atoms with Gasteiger partial charge in [0.05, 0.1) is 26.4 Å². The molecule has 0 heterocycles. The summed E-state index contributed by atoms with van der Waals surface area (Å²) in [5.41, 5.74) is 0. The largest absolute Gasteiger partial charge is 0.472 e. The first kappa shape index (κ1) is 96.1. The summed E-state index contributed by atoms with van der Waals surface area (Å²) < 4.78 is 68.6. The molecule has 0 spiro atoms. The van der Waals surface area contributed by atoms with E-state index in [4.69, 9.17) is 37.0 Å². The molecule has 0 radical (unpaired) electrons. The standard InChI is InChI=1S/C79H154O17P2/c1-9-72(8)58-50-42-37-38-44-52-60-77(82)90-66-75(96-79(84)62-54-46-36-30-24-23-27-33-41-49-57-71(6)7)68-94-98(87,88)92-64-73(80)63-91-97(85,86)93-67-74(95-78(83)61-53-45-35-29-22-18-20-26-32-40-48-56-70(4)5)65-89-76(81)59-51-43-34-28-21-17-15-13-11-10-12-14-16-19-25-31-39-47-55-69(2)3/h69-75,80H,9-68H2,1-8H3,(H,85,86)(H,87,88)/t72?,73-,74-,75-/m1/s1. The quantitative estimate of drug-likeness (QED) is 0.0222. The Balaban J connectivity index is 5.20. The molecule has 3 N–H and O–H groups in total. The van der Waals surface area contributed by atoms with Crippen LogP contribution in [0.3, 0.4) is 0 Å². The lowest BCUT2D eigenvalue weighted by atomic mass is 10.00. The number of carbonyl (C=O) groups is 4.